The molecule has 1 aromatic rings. The van der Waals surface area contributed by atoms with Crippen LogP contribution in [0.5, 0.6) is 0 Å². The molecule has 0 bridgehead atoms. The Morgan fingerprint density at radius 2 is 1.67 bits per heavy atom. The Balaban J connectivity index is 2.48. The molecule has 1 unspecified atom stereocenters. The monoisotopic (exact) mass is 320 g/mol. The first-order chi connectivity index (χ1) is 9.71. The second-order valence-electron chi connectivity index (χ2n) is 5.45. The van der Waals surface area contributed by atoms with Gasteiger partial charge < -0.3 is 14.4 Å². The molecule has 0 aromatic heterocycles. The Hall–Kier alpha value is -0.840. The van der Waals surface area contributed by atoms with E-state index in [1.54, 1.807) is 6.07 Å². The van der Waals surface area contributed by atoms with Crippen LogP contribution in [0.2, 0.25) is 0 Å². The second-order valence-corrected chi connectivity index (χ2v) is 7.04. The molecule has 1 aliphatic rings. The number of hydrogen-bond acceptors (Lipinski definition) is 3. The average Bonchev–Trinajstić information content (AvgIpc) is 2.37. The highest BCUT2D eigenvalue weighted by atomic mass is 31.2. The van der Waals surface area contributed by atoms with E-state index in [9.17, 15) is 27.5 Å². The van der Waals surface area contributed by atoms with E-state index < -0.39 is 25.0 Å². The summed E-state index contributed by atoms with van der Waals surface area (Å²) in [6.45, 7) is 0. The minimum atomic E-state index is -5.82. The van der Waals surface area contributed by atoms with Crippen LogP contribution in [0.3, 0.4) is 0 Å². The summed E-state index contributed by atoms with van der Waals surface area (Å²) in [5, 5.41) is 0. The SMILES string of the molecule is O=P([O-])([O-])C(c1ccccc1C1CCCCC1)C(F)(F)F. The molecule has 3 nitrogen and oxygen atoms in total. The van der Waals surface area contributed by atoms with Crippen LogP contribution >= 0.6 is 7.60 Å². The van der Waals surface area contributed by atoms with E-state index in [0.717, 1.165) is 38.2 Å². The van der Waals surface area contributed by atoms with Crippen molar-refractivity contribution in [1.82, 2.24) is 0 Å². The number of halogens is 3. The van der Waals surface area contributed by atoms with Crippen molar-refractivity contribution in [1.29, 1.82) is 0 Å². The zero-order valence-corrected chi connectivity index (χ0v) is 12.2. The van der Waals surface area contributed by atoms with Gasteiger partial charge in [-0.05, 0) is 29.9 Å². The normalized spacial score (nSPS) is 19.5. The highest BCUT2D eigenvalue weighted by Crippen LogP contribution is 2.56. The summed E-state index contributed by atoms with van der Waals surface area (Å²) in [4.78, 5) is 22.3. The molecule has 21 heavy (non-hydrogen) atoms. The Morgan fingerprint density at radius 1 is 1.10 bits per heavy atom. The van der Waals surface area contributed by atoms with E-state index in [4.69, 9.17) is 0 Å². The lowest BCUT2D eigenvalue weighted by molar-refractivity contribution is -0.325. The Morgan fingerprint density at radius 3 is 2.19 bits per heavy atom. The minimum absolute atomic E-state index is 0.105. The number of hydrogen-bond donors (Lipinski definition) is 0. The quantitative estimate of drug-likeness (QED) is 0.803. The van der Waals surface area contributed by atoms with Gasteiger partial charge in [-0.1, -0.05) is 51.1 Å². The van der Waals surface area contributed by atoms with Crippen molar-refractivity contribution in [3.05, 3.63) is 35.4 Å². The summed E-state index contributed by atoms with van der Waals surface area (Å²) in [6, 6.07) is 5.56. The molecule has 0 radical (unpaired) electrons. The summed E-state index contributed by atoms with van der Waals surface area (Å²) in [6.07, 6.45) is -0.801. The molecule has 1 saturated carbocycles. The van der Waals surface area contributed by atoms with Gasteiger partial charge >= 0.3 is 6.18 Å². The molecular formula is C14H16F3O3P-2. The summed E-state index contributed by atoms with van der Waals surface area (Å²) >= 11 is 0. The molecule has 1 atom stereocenters. The Labute approximate surface area is 121 Å². The highest BCUT2D eigenvalue weighted by Gasteiger charge is 2.44. The fraction of sp³-hybridized carbons (Fsp3) is 0.571. The van der Waals surface area contributed by atoms with Gasteiger partial charge in [0.2, 0.25) is 0 Å². The van der Waals surface area contributed by atoms with Gasteiger partial charge in [0.25, 0.3) is 0 Å². The van der Waals surface area contributed by atoms with Crippen molar-refractivity contribution in [2.24, 2.45) is 0 Å². The standard InChI is InChI=1S/C14H18F3O3P/c15-14(16,17)13(21(18,19)20)12-9-5-4-8-11(12)10-6-2-1-3-7-10/h4-5,8-10,13H,1-3,6-7H2,(H2,18,19,20)/p-2. The molecule has 0 aliphatic heterocycles. The Bertz CT molecular complexity index is 533. The fourth-order valence-corrected chi connectivity index (χ4v) is 4.01. The van der Waals surface area contributed by atoms with E-state index in [1.807, 2.05) is 0 Å². The van der Waals surface area contributed by atoms with Crippen LogP contribution < -0.4 is 9.79 Å². The van der Waals surface area contributed by atoms with Gasteiger partial charge in [-0.2, -0.15) is 13.2 Å². The van der Waals surface area contributed by atoms with Crippen LogP contribution in [0.15, 0.2) is 24.3 Å². The Kier molecular flexibility index (Phi) is 4.81. The van der Waals surface area contributed by atoms with Crippen molar-refractivity contribution in [3.8, 4) is 0 Å². The van der Waals surface area contributed by atoms with Gasteiger partial charge in [0.15, 0.2) is 0 Å². The maximum atomic E-state index is 13.1. The van der Waals surface area contributed by atoms with Crippen LogP contribution in [0.4, 0.5) is 13.2 Å². The molecule has 0 spiro atoms. The van der Waals surface area contributed by atoms with Gasteiger partial charge in [-0.25, -0.2) is 0 Å². The molecule has 1 aromatic carbocycles. The highest BCUT2D eigenvalue weighted by molar-refractivity contribution is 7.49. The van der Waals surface area contributed by atoms with Crippen LogP contribution in [0.25, 0.3) is 0 Å². The first-order valence-corrected chi connectivity index (χ1v) is 8.49. The van der Waals surface area contributed by atoms with Crippen molar-refractivity contribution in [2.75, 3.05) is 0 Å². The van der Waals surface area contributed by atoms with Crippen LogP contribution in [0.1, 0.15) is 54.8 Å². The third-order valence-electron chi connectivity index (χ3n) is 3.96. The molecule has 0 heterocycles. The molecule has 7 heteroatoms. The molecule has 2 rings (SSSR count). The smallest absolute Gasteiger partial charge is 0.400 e. The number of rotatable bonds is 3. The molecular weight excluding hydrogens is 304 g/mol. The molecule has 0 saturated heterocycles. The largest absolute Gasteiger partial charge is 0.810 e. The predicted molar refractivity (Wildman–Crippen MR) is 68.7 cm³/mol. The number of benzene rings is 1. The summed E-state index contributed by atoms with van der Waals surface area (Å²) < 4.78 is 50.4. The van der Waals surface area contributed by atoms with Crippen LogP contribution in [-0.4, -0.2) is 6.18 Å². The predicted octanol–water partition coefficient (Wildman–Crippen LogP) is 3.25. The van der Waals surface area contributed by atoms with Gasteiger partial charge in [0, 0.05) is 0 Å². The van der Waals surface area contributed by atoms with Gasteiger partial charge in [0.05, 0.1) is 0 Å². The zero-order valence-electron chi connectivity index (χ0n) is 11.3. The van der Waals surface area contributed by atoms with Crippen molar-refractivity contribution < 1.29 is 27.5 Å². The van der Waals surface area contributed by atoms with E-state index in [1.165, 1.54) is 12.1 Å². The summed E-state index contributed by atoms with van der Waals surface area (Å²) in [5.74, 6) is -0.105. The van der Waals surface area contributed by atoms with Gasteiger partial charge in [0.1, 0.15) is 5.66 Å². The summed E-state index contributed by atoms with van der Waals surface area (Å²) in [7, 11) is -5.82. The van der Waals surface area contributed by atoms with Crippen molar-refractivity contribution >= 4 is 7.60 Å². The third-order valence-corrected chi connectivity index (χ3v) is 5.17. The molecule has 1 aliphatic carbocycles. The molecule has 0 amide bonds. The van der Waals surface area contributed by atoms with Gasteiger partial charge in [-0.15, -0.1) is 0 Å². The first kappa shape index (κ1) is 16.5. The van der Waals surface area contributed by atoms with Crippen LogP contribution in [-0.2, 0) is 4.57 Å². The summed E-state index contributed by atoms with van der Waals surface area (Å²) in [5.41, 5.74) is -3.00. The zero-order chi connectivity index (χ0) is 15.7. The van der Waals surface area contributed by atoms with E-state index in [0.29, 0.717) is 5.56 Å². The lowest BCUT2D eigenvalue weighted by Gasteiger charge is -2.41. The lowest BCUT2D eigenvalue weighted by atomic mass is 9.81. The fourth-order valence-electron chi connectivity index (χ4n) is 3.07. The lowest BCUT2D eigenvalue weighted by Crippen LogP contribution is -2.32. The van der Waals surface area contributed by atoms with E-state index in [2.05, 4.69) is 0 Å². The maximum Gasteiger partial charge on any atom is 0.400 e. The van der Waals surface area contributed by atoms with E-state index >= 15 is 0 Å². The first-order valence-electron chi connectivity index (χ1n) is 6.88. The van der Waals surface area contributed by atoms with E-state index in [-0.39, 0.29) is 5.92 Å². The third kappa shape index (κ3) is 3.87. The van der Waals surface area contributed by atoms with Crippen molar-refractivity contribution in [2.45, 2.75) is 49.9 Å². The minimum Gasteiger partial charge on any atom is -0.810 e. The molecule has 1 fully saturated rings. The second kappa shape index (κ2) is 6.11. The van der Waals surface area contributed by atoms with Crippen LogP contribution in [0, 0.1) is 0 Å². The average molecular weight is 320 g/mol. The molecule has 0 N–H and O–H groups in total. The number of alkyl halides is 3. The topological polar surface area (TPSA) is 63.2 Å². The van der Waals surface area contributed by atoms with Gasteiger partial charge in [-0.3, -0.25) is 0 Å². The maximum absolute atomic E-state index is 13.1. The molecule has 118 valence electrons. The van der Waals surface area contributed by atoms with Crippen molar-refractivity contribution in [3.63, 3.8) is 0 Å².